The summed E-state index contributed by atoms with van der Waals surface area (Å²) in [6.07, 6.45) is -0.722. The van der Waals surface area contributed by atoms with E-state index in [0.29, 0.717) is 31.1 Å². The van der Waals surface area contributed by atoms with Crippen molar-refractivity contribution in [1.82, 2.24) is 10.2 Å². The lowest BCUT2D eigenvalue weighted by atomic mass is 10.0. The maximum Gasteiger partial charge on any atom is 0.260 e. The van der Waals surface area contributed by atoms with E-state index in [1.807, 2.05) is 24.3 Å². The molecule has 2 unspecified atom stereocenters. The Balaban J connectivity index is 1.66. The predicted octanol–water partition coefficient (Wildman–Crippen LogP) is 2.52. The van der Waals surface area contributed by atoms with Gasteiger partial charge < -0.3 is 19.5 Å². The average Bonchev–Trinajstić information content (AvgIpc) is 2.80. The molecule has 30 heavy (non-hydrogen) atoms. The molecule has 158 valence electrons. The molecule has 1 amide bonds. The summed E-state index contributed by atoms with van der Waals surface area (Å²) in [5.74, 6) is 0.971. The maximum absolute atomic E-state index is 12.7. The van der Waals surface area contributed by atoms with Gasteiger partial charge in [-0.05, 0) is 36.8 Å². The number of hydrogen-bond acceptors (Lipinski definition) is 6. The number of nitrogens with one attached hydrogen (secondary N) is 1. The summed E-state index contributed by atoms with van der Waals surface area (Å²) < 4.78 is 16.5. The van der Waals surface area contributed by atoms with Gasteiger partial charge in [-0.1, -0.05) is 24.3 Å². The van der Waals surface area contributed by atoms with E-state index in [2.05, 4.69) is 16.3 Å². The molecule has 2 aromatic carbocycles. The van der Waals surface area contributed by atoms with Crippen LogP contribution in [0, 0.1) is 11.3 Å². The summed E-state index contributed by atoms with van der Waals surface area (Å²) in [6.45, 7) is 5.07. The minimum Gasteiger partial charge on any atom is -0.497 e. The number of hydrogen-bond donors (Lipinski definition) is 1. The Morgan fingerprint density at radius 1 is 1.20 bits per heavy atom. The first-order valence-corrected chi connectivity index (χ1v) is 10.0. The molecule has 2 atom stereocenters. The molecule has 1 heterocycles. The monoisotopic (exact) mass is 409 g/mol. The van der Waals surface area contributed by atoms with Crippen molar-refractivity contribution in [2.24, 2.45) is 0 Å². The number of methoxy groups -OCH3 is 1. The fraction of sp³-hybridized carbons (Fsp3) is 0.391. The summed E-state index contributed by atoms with van der Waals surface area (Å²) in [4.78, 5) is 15.0. The highest BCUT2D eigenvalue weighted by molar-refractivity contribution is 5.80. The van der Waals surface area contributed by atoms with Crippen LogP contribution in [0.5, 0.6) is 11.5 Å². The molecule has 2 aromatic rings. The number of nitriles is 1. The fourth-order valence-electron chi connectivity index (χ4n) is 3.42. The summed E-state index contributed by atoms with van der Waals surface area (Å²) in [5, 5.41) is 12.2. The lowest BCUT2D eigenvalue weighted by molar-refractivity contribution is -0.127. The van der Waals surface area contributed by atoms with Gasteiger partial charge in [-0.3, -0.25) is 9.69 Å². The molecule has 0 radical (unpaired) electrons. The van der Waals surface area contributed by atoms with Crippen LogP contribution in [0.3, 0.4) is 0 Å². The topological polar surface area (TPSA) is 83.8 Å². The van der Waals surface area contributed by atoms with E-state index in [4.69, 9.17) is 14.2 Å². The van der Waals surface area contributed by atoms with Gasteiger partial charge in [-0.25, -0.2) is 0 Å². The molecule has 1 aliphatic heterocycles. The summed E-state index contributed by atoms with van der Waals surface area (Å²) in [5.41, 5.74) is 1.50. The maximum atomic E-state index is 12.7. The average molecular weight is 409 g/mol. The third-order valence-electron chi connectivity index (χ3n) is 5.14. The van der Waals surface area contributed by atoms with Gasteiger partial charge in [-0.2, -0.15) is 5.26 Å². The first kappa shape index (κ1) is 21.6. The van der Waals surface area contributed by atoms with Crippen LogP contribution in [-0.4, -0.2) is 56.9 Å². The van der Waals surface area contributed by atoms with Gasteiger partial charge in [0.1, 0.15) is 17.6 Å². The van der Waals surface area contributed by atoms with Crippen LogP contribution < -0.4 is 14.8 Å². The Morgan fingerprint density at radius 2 is 1.90 bits per heavy atom. The van der Waals surface area contributed by atoms with Crippen molar-refractivity contribution in [1.29, 1.82) is 5.26 Å². The van der Waals surface area contributed by atoms with Crippen LogP contribution in [-0.2, 0) is 9.53 Å². The minimum absolute atomic E-state index is 0.0161. The standard InChI is InChI=1S/C23H27N3O4/c1-17(30-22-6-4-3-5-19(22)15-24)23(27)25-16-21(26-11-13-29-14-12-26)18-7-9-20(28-2)10-8-18/h3-10,17,21H,11-14,16H2,1-2H3,(H,25,27). The van der Waals surface area contributed by atoms with Crippen molar-refractivity contribution in [3.8, 4) is 17.6 Å². The number of benzene rings is 2. The first-order chi connectivity index (χ1) is 14.6. The number of morpholine rings is 1. The van der Waals surface area contributed by atoms with Gasteiger partial charge in [-0.15, -0.1) is 0 Å². The molecule has 1 aliphatic rings. The highest BCUT2D eigenvalue weighted by Gasteiger charge is 2.25. The summed E-state index contributed by atoms with van der Waals surface area (Å²) >= 11 is 0. The van der Waals surface area contributed by atoms with E-state index >= 15 is 0 Å². The molecule has 1 fully saturated rings. The molecule has 0 spiro atoms. The molecule has 0 bridgehead atoms. The molecule has 1 saturated heterocycles. The smallest absolute Gasteiger partial charge is 0.260 e. The fourth-order valence-corrected chi connectivity index (χ4v) is 3.42. The van der Waals surface area contributed by atoms with Crippen LogP contribution in [0.1, 0.15) is 24.1 Å². The molecule has 0 aliphatic carbocycles. The number of nitrogens with zero attached hydrogens (tertiary/aromatic N) is 2. The number of para-hydroxylation sites is 1. The van der Waals surface area contributed by atoms with Crippen molar-refractivity contribution < 1.29 is 19.0 Å². The summed E-state index contributed by atoms with van der Waals surface area (Å²) in [7, 11) is 1.64. The zero-order valence-corrected chi connectivity index (χ0v) is 17.3. The number of rotatable bonds is 8. The molecular formula is C23H27N3O4. The van der Waals surface area contributed by atoms with Crippen LogP contribution >= 0.6 is 0 Å². The van der Waals surface area contributed by atoms with Crippen LogP contribution in [0.4, 0.5) is 0 Å². The van der Waals surface area contributed by atoms with Crippen molar-refractivity contribution in [3.05, 3.63) is 59.7 Å². The van der Waals surface area contributed by atoms with Crippen LogP contribution in [0.15, 0.2) is 48.5 Å². The number of ether oxygens (including phenoxy) is 3. The molecule has 7 nitrogen and oxygen atoms in total. The van der Waals surface area contributed by atoms with E-state index in [0.717, 1.165) is 24.4 Å². The lowest BCUT2D eigenvalue weighted by Gasteiger charge is -2.35. The van der Waals surface area contributed by atoms with Gasteiger partial charge in [0.2, 0.25) is 0 Å². The van der Waals surface area contributed by atoms with E-state index < -0.39 is 6.10 Å². The number of carbonyl (C=O) groups is 1. The largest absolute Gasteiger partial charge is 0.497 e. The van der Waals surface area contributed by atoms with Crippen molar-refractivity contribution in [2.75, 3.05) is 40.0 Å². The Morgan fingerprint density at radius 3 is 2.57 bits per heavy atom. The van der Waals surface area contributed by atoms with Gasteiger partial charge in [0.05, 0.1) is 31.9 Å². The molecule has 0 saturated carbocycles. The number of carbonyl (C=O) groups excluding carboxylic acids is 1. The second-order valence-electron chi connectivity index (χ2n) is 7.05. The van der Waals surface area contributed by atoms with Crippen molar-refractivity contribution in [3.63, 3.8) is 0 Å². The second kappa shape index (κ2) is 10.6. The zero-order chi connectivity index (χ0) is 21.3. The quantitative estimate of drug-likeness (QED) is 0.721. The van der Waals surface area contributed by atoms with Crippen molar-refractivity contribution >= 4 is 5.91 Å². The van der Waals surface area contributed by atoms with Crippen LogP contribution in [0.25, 0.3) is 0 Å². The minimum atomic E-state index is -0.722. The van der Waals surface area contributed by atoms with Gasteiger partial charge >= 0.3 is 0 Å². The van der Waals surface area contributed by atoms with Crippen molar-refractivity contribution in [2.45, 2.75) is 19.1 Å². The Kier molecular flexibility index (Phi) is 7.66. The highest BCUT2D eigenvalue weighted by atomic mass is 16.5. The first-order valence-electron chi connectivity index (χ1n) is 10.0. The Bertz CT molecular complexity index is 873. The lowest BCUT2D eigenvalue weighted by Crippen LogP contribution is -2.45. The molecule has 3 rings (SSSR count). The van der Waals surface area contributed by atoms with E-state index in [1.54, 1.807) is 38.3 Å². The number of amides is 1. The van der Waals surface area contributed by atoms with E-state index in [-0.39, 0.29) is 11.9 Å². The molecular weight excluding hydrogens is 382 g/mol. The second-order valence-corrected chi connectivity index (χ2v) is 7.05. The van der Waals surface area contributed by atoms with Gasteiger partial charge in [0.25, 0.3) is 5.91 Å². The molecule has 7 heteroatoms. The van der Waals surface area contributed by atoms with Crippen LogP contribution in [0.2, 0.25) is 0 Å². The Labute approximate surface area is 177 Å². The van der Waals surface area contributed by atoms with Gasteiger partial charge in [0, 0.05) is 19.6 Å². The molecule has 1 N–H and O–H groups in total. The summed E-state index contributed by atoms with van der Waals surface area (Å²) in [6, 6.07) is 16.9. The predicted molar refractivity (Wildman–Crippen MR) is 112 cm³/mol. The van der Waals surface area contributed by atoms with Gasteiger partial charge in [0.15, 0.2) is 6.10 Å². The third kappa shape index (κ3) is 5.50. The SMILES string of the molecule is COc1ccc(C(CNC(=O)C(C)Oc2ccccc2C#N)N2CCOCC2)cc1. The zero-order valence-electron chi connectivity index (χ0n) is 17.3. The normalized spacial score (nSPS) is 16.2. The third-order valence-corrected chi connectivity index (χ3v) is 5.14. The highest BCUT2D eigenvalue weighted by Crippen LogP contribution is 2.24. The van der Waals surface area contributed by atoms with E-state index in [1.165, 1.54) is 0 Å². The molecule has 0 aromatic heterocycles. The Hall–Kier alpha value is -3.08. The van der Waals surface area contributed by atoms with E-state index in [9.17, 15) is 10.1 Å².